The van der Waals surface area contributed by atoms with E-state index < -0.39 is 17.7 Å². The summed E-state index contributed by atoms with van der Waals surface area (Å²) in [6.07, 6.45) is 0.517. The largest absolute Gasteiger partial charge is 0.508 e. The first-order valence-electron chi connectivity index (χ1n) is 9.97. The average Bonchev–Trinajstić information content (AvgIpc) is 3.03. The molecular weight excluding hydrogens is 402 g/mol. The standard InChI is InChI=1S/C23H23NO7/c1-29-9-3-8-24-20(14-4-2-5-16(25)12-14)19(22(27)23(24)28)21(26)15-6-7-17-18(13-15)31-11-10-30-17/h2,4-7,12-13,20,25-26H,3,8-11H2,1H3/b21-19+/t20-/m0/s1. The predicted octanol–water partition coefficient (Wildman–Crippen LogP) is 2.62. The second kappa shape index (κ2) is 8.69. The molecule has 2 aliphatic heterocycles. The van der Waals surface area contributed by atoms with Crippen LogP contribution < -0.4 is 9.47 Å². The predicted molar refractivity (Wildman–Crippen MR) is 111 cm³/mol. The van der Waals surface area contributed by atoms with Crippen molar-refractivity contribution >= 4 is 17.4 Å². The number of methoxy groups -OCH3 is 1. The van der Waals surface area contributed by atoms with Gasteiger partial charge in [0.25, 0.3) is 11.7 Å². The molecule has 162 valence electrons. The monoisotopic (exact) mass is 425 g/mol. The van der Waals surface area contributed by atoms with Crippen LogP contribution in [-0.4, -0.2) is 60.3 Å². The highest BCUT2D eigenvalue weighted by molar-refractivity contribution is 6.46. The summed E-state index contributed by atoms with van der Waals surface area (Å²) < 4.78 is 16.1. The normalized spacial score (nSPS) is 19.6. The van der Waals surface area contributed by atoms with Crippen LogP contribution in [0.4, 0.5) is 0 Å². The SMILES string of the molecule is COCCCN1C(=O)C(=O)/C(=C(/O)c2ccc3c(c2)OCCO3)[C@@H]1c1cccc(O)c1. The fourth-order valence-corrected chi connectivity index (χ4v) is 3.88. The van der Waals surface area contributed by atoms with Crippen LogP contribution in [-0.2, 0) is 14.3 Å². The number of carbonyl (C=O) groups excluding carboxylic acids is 2. The maximum atomic E-state index is 13.0. The second-order valence-electron chi connectivity index (χ2n) is 7.29. The molecule has 0 bridgehead atoms. The molecular formula is C23H23NO7. The third-order valence-corrected chi connectivity index (χ3v) is 5.29. The van der Waals surface area contributed by atoms with E-state index in [1.54, 1.807) is 37.4 Å². The molecule has 2 heterocycles. The number of hydrogen-bond donors (Lipinski definition) is 2. The molecule has 8 heteroatoms. The first-order chi connectivity index (χ1) is 15.0. The Morgan fingerprint density at radius 1 is 1.13 bits per heavy atom. The van der Waals surface area contributed by atoms with E-state index in [0.717, 1.165) is 0 Å². The zero-order valence-electron chi connectivity index (χ0n) is 17.0. The number of phenolic OH excluding ortho intramolecular Hbond substituents is 1. The Balaban J connectivity index is 1.81. The van der Waals surface area contributed by atoms with Gasteiger partial charge in [0.15, 0.2) is 11.5 Å². The maximum absolute atomic E-state index is 13.0. The van der Waals surface area contributed by atoms with Crippen LogP contribution >= 0.6 is 0 Å². The van der Waals surface area contributed by atoms with E-state index in [2.05, 4.69) is 0 Å². The lowest BCUT2D eigenvalue weighted by Crippen LogP contribution is -2.31. The molecule has 2 aliphatic rings. The summed E-state index contributed by atoms with van der Waals surface area (Å²) in [5.74, 6) is -0.787. The van der Waals surface area contributed by atoms with E-state index in [1.807, 2.05) is 0 Å². The van der Waals surface area contributed by atoms with Gasteiger partial charge in [0.05, 0.1) is 11.6 Å². The highest BCUT2D eigenvalue weighted by Gasteiger charge is 2.46. The number of aliphatic hydroxyl groups is 1. The van der Waals surface area contributed by atoms with E-state index >= 15 is 0 Å². The zero-order valence-corrected chi connectivity index (χ0v) is 17.0. The van der Waals surface area contributed by atoms with Crippen molar-refractivity contribution in [3.8, 4) is 17.2 Å². The van der Waals surface area contributed by atoms with E-state index in [-0.39, 0.29) is 23.6 Å². The molecule has 2 N–H and O–H groups in total. The lowest BCUT2D eigenvalue weighted by Gasteiger charge is -2.25. The third-order valence-electron chi connectivity index (χ3n) is 5.29. The molecule has 31 heavy (non-hydrogen) atoms. The minimum absolute atomic E-state index is 0.000640. The van der Waals surface area contributed by atoms with Crippen LogP contribution in [0.25, 0.3) is 5.76 Å². The van der Waals surface area contributed by atoms with Crippen LogP contribution in [0.3, 0.4) is 0 Å². The number of ketones is 1. The number of benzene rings is 2. The molecule has 0 aliphatic carbocycles. The van der Waals surface area contributed by atoms with Crippen molar-refractivity contribution in [2.45, 2.75) is 12.5 Å². The van der Waals surface area contributed by atoms with Gasteiger partial charge in [0, 0.05) is 25.8 Å². The number of likely N-dealkylation sites (tertiary alicyclic amines) is 1. The van der Waals surface area contributed by atoms with Crippen LogP contribution in [0.1, 0.15) is 23.6 Å². The topological polar surface area (TPSA) is 106 Å². The fraction of sp³-hybridized carbons (Fsp3) is 0.304. The number of amides is 1. The lowest BCUT2D eigenvalue weighted by atomic mass is 9.95. The minimum Gasteiger partial charge on any atom is -0.508 e. The molecule has 0 saturated carbocycles. The van der Waals surface area contributed by atoms with Crippen LogP contribution in [0.2, 0.25) is 0 Å². The molecule has 0 radical (unpaired) electrons. The number of carbonyl (C=O) groups is 2. The van der Waals surface area contributed by atoms with E-state index in [9.17, 15) is 19.8 Å². The van der Waals surface area contributed by atoms with E-state index in [1.165, 1.54) is 17.0 Å². The number of fused-ring (bicyclic) bond motifs is 1. The van der Waals surface area contributed by atoms with Crippen LogP contribution in [0.5, 0.6) is 17.2 Å². The van der Waals surface area contributed by atoms with Crippen molar-refractivity contribution in [2.75, 3.05) is 33.5 Å². The van der Waals surface area contributed by atoms with Crippen molar-refractivity contribution in [2.24, 2.45) is 0 Å². The quantitative estimate of drug-likeness (QED) is 0.317. The Kier molecular flexibility index (Phi) is 5.81. The van der Waals surface area contributed by atoms with Crippen LogP contribution in [0.15, 0.2) is 48.0 Å². The summed E-state index contributed by atoms with van der Waals surface area (Å²) in [5.41, 5.74) is 0.824. The summed E-state index contributed by atoms with van der Waals surface area (Å²) in [7, 11) is 1.56. The van der Waals surface area contributed by atoms with E-state index in [0.29, 0.717) is 48.9 Å². The average molecular weight is 425 g/mol. The summed E-state index contributed by atoms with van der Waals surface area (Å²) in [5, 5.41) is 21.1. The van der Waals surface area contributed by atoms with Crippen molar-refractivity contribution in [3.63, 3.8) is 0 Å². The Hall–Kier alpha value is -3.52. The van der Waals surface area contributed by atoms with Gasteiger partial charge in [-0.15, -0.1) is 0 Å². The molecule has 1 atom stereocenters. The number of ether oxygens (including phenoxy) is 3. The molecule has 2 aromatic carbocycles. The van der Waals surface area contributed by atoms with Gasteiger partial charge in [-0.1, -0.05) is 12.1 Å². The number of Topliss-reactive ketones (excluding diaryl/α,β-unsaturated/α-hetero) is 1. The molecule has 1 saturated heterocycles. The number of hydrogen-bond acceptors (Lipinski definition) is 7. The maximum Gasteiger partial charge on any atom is 0.295 e. The van der Waals surface area contributed by atoms with Crippen molar-refractivity contribution in [1.29, 1.82) is 0 Å². The minimum atomic E-state index is -0.836. The fourth-order valence-electron chi connectivity index (χ4n) is 3.88. The van der Waals surface area contributed by atoms with Gasteiger partial charge in [-0.2, -0.15) is 0 Å². The Labute approximate surface area is 179 Å². The molecule has 0 unspecified atom stereocenters. The Morgan fingerprint density at radius 3 is 2.65 bits per heavy atom. The Morgan fingerprint density at radius 2 is 1.90 bits per heavy atom. The van der Waals surface area contributed by atoms with Gasteiger partial charge in [-0.3, -0.25) is 9.59 Å². The summed E-state index contributed by atoms with van der Waals surface area (Å²) in [4.78, 5) is 27.2. The van der Waals surface area contributed by atoms with E-state index in [4.69, 9.17) is 14.2 Å². The zero-order chi connectivity index (χ0) is 22.0. The van der Waals surface area contributed by atoms with Crippen molar-refractivity contribution in [3.05, 3.63) is 59.2 Å². The van der Waals surface area contributed by atoms with Gasteiger partial charge in [-0.25, -0.2) is 0 Å². The lowest BCUT2D eigenvalue weighted by molar-refractivity contribution is -0.140. The van der Waals surface area contributed by atoms with Crippen molar-refractivity contribution < 1.29 is 34.0 Å². The summed E-state index contributed by atoms with van der Waals surface area (Å²) in [6, 6.07) is 10.3. The second-order valence-corrected chi connectivity index (χ2v) is 7.29. The highest BCUT2D eigenvalue weighted by atomic mass is 16.6. The highest BCUT2D eigenvalue weighted by Crippen LogP contribution is 2.41. The summed E-state index contributed by atoms with van der Waals surface area (Å²) >= 11 is 0. The number of rotatable bonds is 6. The molecule has 0 spiro atoms. The number of aromatic hydroxyl groups is 1. The first kappa shape index (κ1) is 20.7. The number of phenols is 1. The molecule has 1 amide bonds. The number of nitrogens with zero attached hydrogens (tertiary/aromatic N) is 1. The molecule has 4 rings (SSSR count). The van der Waals surface area contributed by atoms with Gasteiger partial charge in [0.1, 0.15) is 24.7 Å². The molecule has 0 aromatic heterocycles. The summed E-state index contributed by atoms with van der Waals surface area (Å²) in [6.45, 7) is 1.49. The van der Waals surface area contributed by atoms with Gasteiger partial charge >= 0.3 is 0 Å². The van der Waals surface area contributed by atoms with Gasteiger partial charge in [0.2, 0.25) is 0 Å². The number of aliphatic hydroxyl groups excluding tert-OH is 1. The van der Waals surface area contributed by atoms with Gasteiger partial charge < -0.3 is 29.3 Å². The molecule has 8 nitrogen and oxygen atoms in total. The Bertz CT molecular complexity index is 1050. The van der Waals surface area contributed by atoms with Crippen LogP contribution in [0, 0.1) is 0 Å². The molecule has 2 aromatic rings. The first-order valence-corrected chi connectivity index (χ1v) is 9.97. The molecule has 1 fully saturated rings. The third kappa shape index (κ3) is 3.94. The smallest absolute Gasteiger partial charge is 0.295 e. The van der Waals surface area contributed by atoms with Crippen molar-refractivity contribution in [1.82, 2.24) is 4.90 Å². The van der Waals surface area contributed by atoms with Gasteiger partial charge in [-0.05, 0) is 42.3 Å².